The Bertz CT molecular complexity index is 611. The van der Waals surface area contributed by atoms with Crippen molar-refractivity contribution < 1.29 is 4.79 Å². The van der Waals surface area contributed by atoms with Gasteiger partial charge in [0.1, 0.15) is 0 Å². The number of nitrogens with zero attached hydrogens (tertiary/aromatic N) is 1. The van der Waals surface area contributed by atoms with Crippen LogP contribution in [0.15, 0.2) is 48.5 Å². The van der Waals surface area contributed by atoms with Crippen molar-refractivity contribution in [3.8, 4) is 0 Å². The number of carbonyl (C=O) groups excluding carboxylic acids is 1. The maximum atomic E-state index is 11.9. The lowest BCUT2D eigenvalue weighted by Gasteiger charge is -2.14. The molecule has 2 aromatic rings. The molecule has 2 rings (SSSR count). The van der Waals surface area contributed by atoms with Gasteiger partial charge in [0.15, 0.2) is 0 Å². The van der Waals surface area contributed by atoms with Gasteiger partial charge >= 0.3 is 6.03 Å². The van der Waals surface area contributed by atoms with Crippen LogP contribution in [0, 0.1) is 0 Å². The highest BCUT2D eigenvalue weighted by Gasteiger charge is 2.03. The molecule has 4 nitrogen and oxygen atoms in total. The Morgan fingerprint density at radius 1 is 1.14 bits per heavy atom. The fourth-order valence-electron chi connectivity index (χ4n) is 1.82. The van der Waals surface area contributed by atoms with Crippen LogP contribution >= 0.6 is 11.6 Å². The molecule has 0 bridgehead atoms. The van der Waals surface area contributed by atoms with E-state index in [0.29, 0.717) is 11.6 Å². The second-order valence-corrected chi connectivity index (χ2v) is 5.32. The molecule has 0 aliphatic rings. The Morgan fingerprint density at radius 2 is 1.86 bits per heavy atom. The number of halogens is 1. The van der Waals surface area contributed by atoms with Crippen LogP contribution in [0.5, 0.6) is 0 Å². The minimum Gasteiger partial charge on any atom is -0.378 e. The summed E-state index contributed by atoms with van der Waals surface area (Å²) in [5.41, 5.74) is 2.79. The first-order chi connectivity index (χ1) is 10.0. The van der Waals surface area contributed by atoms with E-state index in [2.05, 4.69) is 10.6 Å². The van der Waals surface area contributed by atoms with Gasteiger partial charge in [-0.25, -0.2) is 4.79 Å². The smallest absolute Gasteiger partial charge is 0.319 e. The zero-order valence-electron chi connectivity index (χ0n) is 12.1. The molecule has 2 amide bonds. The van der Waals surface area contributed by atoms with Crippen LogP contribution in [0.1, 0.15) is 5.56 Å². The van der Waals surface area contributed by atoms with E-state index < -0.39 is 0 Å². The number of nitrogens with one attached hydrogen (secondary N) is 2. The number of benzene rings is 2. The van der Waals surface area contributed by atoms with Gasteiger partial charge < -0.3 is 15.5 Å². The Kier molecular flexibility index (Phi) is 5.06. The molecule has 5 heteroatoms. The zero-order chi connectivity index (χ0) is 15.2. The number of hydrogen-bond donors (Lipinski definition) is 2. The van der Waals surface area contributed by atoms with Crippen LogP contribution in [-0.2, 0) is 6.54 Å². The highest BCUT2D eigenvalue weighted by Crippen LogP contribution is 2.17. The number of urea groups is 1. The van der Waals surface area contributed by atoms with E-state index in [0.717, 1.165) is 16.9 Å². The van der Waals surface area contributed by atoms with Crippen molar-refractivity contribution in [2.45, 2.75) is 6.54 Å². The number of carbonyl (C=O) groups is 1. The molecule has 2 aromatic carbocycles. The first kappa shape index (κ1) is 15.2. The largest absolute Gasteiger partial charge is 0.378 e. The third kappa shape index (κ3) is 4.68. The second kappa shape index (κ2) is 6.99. The van der Waals surface area contributed by atoms with Crippen LogP contribution < -0.4 is 15.5 Å². The lowest BCUT2D eigenvalue weighted by molar-refractivity contribution is 0.251. The third-order valence-electron chi connectivity index (χ3n) is 2.99. The van der Waals surface area contributed by atoms with Gasteiger partial charge in [-0.05, 0) is 35.9 Å². The van der Waals surface area contributed by atoms with Crippen LogP contribution in [0.3, 0.4) is 0 Å². The van der Waals surface area contributed by atoms with Gasteiger partial charge in [0.2, 0.25) is 0 Å². The normalized spacial score (nSPS) is 10.0. The van der Waals surface area contributed by atoms with E-state index in [-0.39, 0.29) is 6.03 Å². The molecule has 0 aromatic heterocycles. The predicted molar refractivity (Wildman–Crippen MR) is 88.1 cm³/mol. The molecule has 0 unspecified atom stereocenters. The van der Waals surface area contributed by atoms with E-state index in [9.17, 15) is 4.79 Å². The summed E-state index contributed by atoms with van der Waals surface area (Å²) in [5, 5.41) is 6.31. The summed E-state index contributed by atoms with van der Waals surface area (Å²) in [6.45, 7) is 0.455. The van der Waals surface area contributed by atoms with Gasteiger partial charge in [0.25, 0.3) is 0 Å². The maximum Gasteiger partial charge on any atom is 0.319 e. The van der Waals surface area contributed by atoms with Crippen LogP contribution in [0.25, 0.3) is 0 Å². The van der Waals surface area contributed by atoms with E-state index >= 15 is 0 Å². The molecule has 2 N–H and O–H groups in total. The highest BCUT2D eigenvalue weighted by atomic mass is 35.5. The minimum absolute atomic E-state index is 0.235. The molecule has 0 aliphatic heterocycles. The van der Waals surface area contributed by atoms with Crippen molar-refractivity contribution in [3.63, 3.8) is 0 Å². The summed E-state index contributed by atoms with van der Waals surface area (Å²) < 4.78 is 0. The van der Waals surface area contributed by atoms with E-state index in [1.54, 1.807) is 12.1 Å². The molecular formula is C16H18ClN3O. The topological polar surface area (TPSA) is 44.4 Å². The monoisotopic (exact) mass is 303 g/mol. The SMILES string of the molecule is CN(C)c1cccc(NC(=O)NCc2ccc(Cl)cc2)c1. The van der Waals surface area contributed by atoms with Crippen molar-refractivity contribution in [1.82, 2.24) is 5.32 Å². The maximum absolute atomic E-state index is 11.9. The lowest BCUT2D eigenvalue weighted by atomic mass is 10.2. The van der Waals surface area contributed by atoms with Gasteiger partial charge in [-0.3, -0.25) is 0 Å². The molecule has 0 atom stereocenters. The molecule has 0 saturated carbocycles. The average Bonchev–Trinajstić information content (AvgIpc) is 2.47. The van der Waals surface area contributed by atoms with Gasteiger partial charge in [-0.1, -0.05) is 29.8 Å². The van der Waals surface area contributed by atoms with Gasteiger partial charge in [0.05, 0.1) is 0 Å². The van der Waals surface area contributed by atoms with Gasteiger partial charge in [-0.2, -0.15) is 0 Å². The lowest BCUT2D eigenvalue weighted by Crippen LogP contribution is -2.28. The van der Waals surface area contributed by atoms with Crippen molar-refractivity contribution in [3.05, 3.63) is 59.1 Å². The van der Waals surface area contributed by atoms with Crippen LogP contribution in [0.4, 0.5) is 16.2 Å². The van der Waals surface area contributed by atoms with Crippen molar-refractivity contribution in [2.75, 3.05) is 24.3 Å². The number of anilines is 2. The van der Waals surface area contributed by atoms with Crippen LogP contribution in [-0.4, -0.2) is 20.1 Å². The van der Waals surface area contributed by atoms with E-state index in [1.807, 2.05) is 55.4 Å². The average molecular weight is 304 g/mol. The molecular weight excluding hydrogens is 286 g/mol. The highest BCUT2D eigenvalue weighted by molar-refractivity contribution is 6.30. The minimum atomic E-state index is -0.235. The second-order valence-electron chi connectivity index (χ2n) is 4.88. The molecule has 0 heterocycles. The molecule has 110 valence electrons. The Hall–Kier alpha value is -2.20. The van der Waals surface area contributed by atoms with Crippen LogP contribution in [0.2, 0.25) is 5.02 Å². The number of amides is 2. The third-order valence-corrected chi connectivity index (χ3v) is 3.24. The molecule has 0 saturated heterocycles. The fourth-order valence-corrected chi connectivity index (χ4v) is 1.95. The van der Waals surface area contributed by atoms with Gasteiger partial charge in [-0.15, -0.1) is 0 Å². The molecule has 0 aliphatic carbocycles. The summed E-state index contributed by atoms with van der Waals surface area (Å²) >= 11 is 5.82. The van der Waals surface area contributed by atoms with Crippen molar-refractivity contribution >= 4 is 29.0 Å². The van der Waals surface area contributed by atoms with E-state index in [1.165, 1.54) is 0 Å². The van der Waals surface area contributed by atoms with E-state index in [4.69, 9.17) is 11.6 Å². The fraction of sp³-hybridized carbons (Fsp3) is 0.188. The summed E-state index contributed by atoms with van der Waals surface area (Å²) in [5.74, 6) is 0. The Labute approximate surface area is 129 Å². The Balaban J connectivity index is 1.89. The first-order valence-electron chi connectivity index (χ1n) is 6.61. The summed E-state index contributed by atoms with van der Waals surface area (Å²) in [4.78, 5) is 13.9. The molecule has 21 heavy (non-hydrogen) atoms. The molecule has 0 fully saturated rings. The zero-order valence-corrected chi connectivity index (χ0v) is 12.8. The molecule has 0 radical (unpaired) electrons. The summed E-state index contributed by atoms with van der Waals surface area (Å²) in [7, 11) is 3.92. The predicted octanol–water partition coefficient (Wildman–Crippen LogP) is 3.73. The standard InChI is InChI=1S/C16H18ClN3O/c1-20(2)15-5-3-4-14(10-15)19-16(21)18-11-12-6-8-13(17)9-7-12/h3-10H,11H2,1-2H3,(H2,18,19,21). The number of rotatable bonds is 4. The summed E-state index contributed by atoms with van der Waals surface area (Å²) in [6.07, 6.45) is 0. The number of hydrogen-bond acceptors (Lipinski definition) is 2. The molecule has 0 spiro atoms. The van der Waals surface area contributed by atoms with Crippen molar-refractivity contribution in [1.29, 1.82) is 0 Å². The Morgan fingerprint density at radius 3 is 2.52 bits per heavy atom. The first-order valence-corrected chi connectivity index (χ1v) is 6.99. The quantitative estimate of drug-likeness (QED) is 0.904. The summed E-state index contributed by atoms with van der Waals surface area (Å²) in [6, 6.07) is 14.8. The van der Waals surface area contributed by atoms with Gasteiger partial charge in [0, 0.05) is 37.0 Å². The van der Waals surface area contributed by atoms with Crippen molar-refractivity contribution in [2.24, 2.45) is 0 Å².